The Kier molecular flexibility index (Phi) is 5.83. The number of aromatic nitrogens is 1. The standard InChI is InChI=1S/C21H18Cl2F3N3OS/c1-2-27-18(30)15-4-3-5-16-17(15)31-19(28-16)29-7-6-20(11-29,21(24,25)26)12-8-13(22)10-14(23)9-12/h3-5,8-10H,2,6-7,11H2,1H3,(H,27,30). The van der Waals surface area contributed by atoms with Gasteiger partial charge in [0.2, 0.25) is 0 Å². The summed E-state index contributed by atoms with van der Waals surface area (Å²) in [5.74, 6) is -0.233. The van der Waals surface area contributed by atoms with Crippen molar-refractivity contribution < 1.29 is 18.0 Å². The van der Waals surface area contributed by atoms with E-state index in [-0.39, 0.29) is 41.0 Å². The van der Waals surface area contributed by atoms with E-state index in [2.05, 4.69) is 10.3 Å². The third kappa shape index (κ3) is 3.97. The molecule has 164 valence electrons. The average Bonchev–Trinajstić information content (AvgIpc) is 3.32. The van der Waals surface area contributed by atoms with Crippen molar-refractivity contribution in [1.29, 1.82) is 0 Å². The predicted octanol–water partition coefficient (Wildman–Crippen LogP) is 6.06. The van der Waals surface area contributed by atoms with E-state index in [0.717, 1.165) is 0 Å². The maximum atomic E-state index is 14.3. The summed E-state index contributed by atoms with van der Waals surface area (Å²) in [6.45, 7) is 2.16. The monoisotopic (exact) mass is 487 g/mol. The number of benzene rings is 2. The van der Waals surface area contributed by atoms with Crippen LogP contribution in [0.15, 0.2) is 36.4 Å². The van der Waals surface area contributed by atoms with E-state index >= 15 is 0 Å². The van der Waals surface area contributed by atoms with Crippen LogP contribution in [-0.4, -0.2) is 36.7 Å². The van der Waals surface area contributed by atoms with Crippen LogP contribution in [0, 0.1) is 0 Å². The molecule has 1 atom stereocenters. The second kappa shape index (κ2) is 8.15. The Morgan fingerprint density at radius 3 is 2.61 bits per heavy atom. The molecular formula is C21H18Cl2F3N3OS. The smallest absolute Gasteiger partial charge is 0.352 e. The van der Waals surface area contributed by atoms with Crippen molar-refractivity contribution in [2.75, 3.05) is 24.5 Å². The van der Waals surface area contributed by atoms with Gasteiger partial charge in [0, 0.05) is 29.7 Å². The summed E-state index contributed by atoms with van der Waals surface area (Å²) >= 11 is 13.2. The van der Waals surface area contributed by atoms with Crippen molar-refractivity contribution in [2.45, 2.75) is 24.9 Å². The van der Waals surface area contributed by atoms with E-state index in [1.165, 1.54) is 29.5 Å². The highest BCUT2D eigenvalue weighted by molar-refractivity contribution is 7.22. The fourth-order valence-corrected chi connectivity index (χ4v) is 5.57. The molecule has 0 bridgehead atoms. The van der Waals surface area contributed by atoms with Gasteiger partial charge in [-0.3, -0.25) is 4.79 Å². The van der Waals surface area contributed by atoms with Gasteiger partial charge in [-0.15, -0.1) is 0 Å². The molecule has 2 heterocycles. The van der Waals surface area contributed by atoms with Crippen LogP contribution in [0.1, 0.15) is 29.3 Å². The minimum atomic E-state index is -4.50. The van der Waals surface area contributed by atoms with Gasteiger partial charge in [0.25, 0.3) is 5.91 Å². The minimum Gasteiger partial charge on any atom is -0.352 e. The number of nitrogens with one attached hydrogen (secondary N) is 1. The van der Waals surface area contributed by atoms with Crippen molar-refractivity contribution in [3.05, 3.63) is 57.6 Å². The topological polar surface area (TPSA) is 45.2 Å². The Bertz CT molecular complexity index is 1130. The van der Waals surface area contributed by atoms with Crippen molar-refractivity contribution in [3.8, 4) is 0 Å². The second-order valence-electron chi connectivity index (χ2n) is 7.42. The fraction of sp³-hybridized carbons (Fsp3) is 0.333. The maximum Gasteiger partial charge on any atom is 0.400 e. The quantitative estimate of drug-likeness (QED) is 0.486. The fourth-order valence-electron chi connectivity index (χ4n) is 3.94. The summed E-state index contributed by atoms with van der Waals surface area (Å²) in [4.78, 5) is 18.5. The molecule has 4 rings (SSSR count). The predicted molar refractivity (Wildman–Crippen MR) is 119 cm³/mol. The summed E-state index contributed by atoms with van der Waals surface area (Å²) in [5.41, 5.74) is -1.02. The largest absolute Gasteiger partial charge is 0.400 e. The van der Waals surface area contributed by atoms with Crippen molar-refractivity contribution >= 4 is 55.8 Å². The molecule has 1 fully saturated rings. The molecule has 1 saturated heterocycles. The Labute approximate surface area is 191 Å². The number of carbonyl (C=O) groups is 1. The molecule has 0 saturated carbocycles. The average molecular weight is 488 g/mol. The molecule has 1 aromatic heterocycles. The first-order chi connectivity index (χ1) is 14.6. The summed E-state index contributed by atoms with van der Waals surface area (Å²) in [5, 5.41) is 3.53. The summed E-state index contributed by atoms with van der Waals surface area (Å²) in [6.07, 6.45) is -4.65. The Morgan fingerprint density at radius 1 is 1.26 bits per heavy atom. The van der Waals surface area contributed by atoms with Crippen LogP contribution in [-0.2, 0) is 5.41 Å². The first-order valence-electron chi connectivity index (χ1n) is 9.60. The zero-order valence-electron chi connectivity index (χ0n) is 16.4. The molecule has 0 aliphatic carbocycles. The molecule has 3 aromatic rings. The first kappa shape index (κ1) is 22.2. The zero-order valence-corrected chi connectivity index (χ0v) is 18.7. The van der Waals surface area contributed by atoms with Gasteiger partial charge in [-0.1, -0.05) is 40.6 Å². The van der Waals surface area contributed by atoms with E-state index in [1.54, 1.807) is 23.1 Å². The van der Waals surface area contributed by atoms with Gasteiger partial charge in [-0.05, 0) is 49.2 Å². The summed E-state index contributed by atoms with van der Waals surface area (Å²) < 4.78 is 43.6. The van der Waals surface area contributed by atoms with Gasteiger partial charge in [0.15, 0.2) is 5.13 Å². The zero-order chi connectivity index (χ0) is 22.4. The molecule has 4 nitrogen and oxygen atoms in total. The SMILES string of the molecule is CCNC(=O)c1cccc2nc(N3CCC(c4cc(Cl)cc(Cl)c4)(C(F)(F)F)C3)sc12. The lowest BCUT2D eigenvalue weighted by Gasteiger charge is -2.32. The number of hydrogen-bond acceptors (Lipinski definition) is 4. The lowest BCUT2D eigenvalue weighted by molar-refractivity contribution is -0.184. The number of anilines is 1. The highest BCUT2D eigenvalue weighted by Gasteiger charge is 2.59. The number of rotatable bonds is 4. The lowest BCUT2D eigenvalue weighted by Crippen LogP contribution is -2.44. The first-order valence-corrected chi connectivity index (χ1v) is 11.2. The number of hydrogen-bond donors (Lipinski definition) is 1. The number of carbonyl (C=O) groups excluding carboxylic acids is 1. The number of alkyl halides is 3. The Morgan fingerprint density at radius 2 is 1.97 bits per heavy atom. The number of amides is 1. The van der Waals surface area contributed by atoms with Crippen molar-refractivity contribution in [3.63, 3.8) is 0 Å². The van der Waals surface area contributed by atoms with E-state index in [4.69, 9.17) is 23.2 Å². The van der Waals surface area contributed by atoms with Gasteiger partial charge in [-0.2, -0.15) is 13.2 Å². The van der Waals surface area contributed by atoms with Gasteiger partial charge >= 0.3 is 6.18 Å². The molecule has 1 aliphatic rings. The highest BCUT2D eigenvalue weighted by Crippen LogP contribution is 2.50. The van der Waals surface area contributed by atoms with E-state index in [1.807, 2.05) is 6.92 Å². The van der Waals surface area contributed by atoms with Crippen LogP contribution in [0.25, 0.3) is 10.2 Å². The molecule has 1 aliphatic heterocycles. The number of fused-ring (bicyclic) bond motifs is 1. The van der Waals surface area contributed by atoms with E-state index in [9.17, 15) is 18.0 Å². The molecule has 1 unspecified atom stereocenters. The van der Waals surface area contributed by atoms with Crippen LogP contribution in [0.4, 0.5) is 18.3 Å². The maximum absolute atomic E-state index is 14.3. The van der Waals surface area contributed by atoms with Crippen LogP contribution < -0.4 is 10.2 Å². The summed E-state index contributed by atoms with van der Waals surface area (Å²) in [7, 11) is 0. The van der Waals surface area contributed by atoms with Gasteiger partial charge in [0.1, 0.15) is 5.41 Å². The molecule has 0 spiro atoms. The second-order valence-corrected chi connectivity index (χ2v) is 9.27. The van der Waals surface area contributed by atoms with Crippen molar-refractivity contribution in [2.24, 2.45) is 0 Å². The van der Waals surface area contributed by atoms with Crippen molar-refractivity contribution in [1.82, 2.24) is 10.3 Å². The molecule has 1 amide bonds. The molecule has 31 heavy (non-hydrogen) atoms. The van der Waals surface area contributed by atoms with Crippen LogP contribution >= 0.6 is 34.5 Å². The minimum absolute atomic E-state index is 0.0455. The van der Waals surface area contributed by atoms with Crippen LogP contribution in [0.3, 0.4) is 0 Å². The van der Waals surface area contributed by atoms with Gasteiger partial charge < -0.3 is 10.2 Å². The third-order valence-corrected chi connectivity index (χ3v) is 7.08. The van der Waals surface area contributed by atoms with Gasteiger partial charge in [0.05, 0.1) is 15.8 Å². The Balaban J connectivity index is 1.73. The Hall–Kier alpha value is -2.03. The number of nitrogens with zero attached hydrogens (tertiary/aromatic N) is 2. The highest BCUT2D eigenvalue weighted by atomic mass is 35.5. The molecule has 1 N–H and O–H groups in total. The number of halogens is 5. The molecular weight excluding hydrogens is 470 g/mol. The van der Waals surface area contributed by atoms with E-state index in [0.29, 0.717) is 27.5 Å². The molecule has 2 aromatic carbocycles. The van der Waals surface area contributed by atoms with E-state index < -0.39 is 11.6 Å². The summed E-state index contributed by atoms with van der Waals surface area (Å²) in [6, 6.07) is 9.23. The van der Waals surface area contributed by atoms with Crippen LogP contribution in [0.5, 0.6) is 0 Å². The normalized spacial score (nSPS) is 19.2. The lowest BCUT2D eigenvalue weighted by atomic mass is 9.79. The van der Waals surface area contributed by atoms with Gasteiger partial charge in [-0.25, -0.2) is 4.98 Å². The van der Waals surface area contributed by atoms with Crippen LogP contribution in [0.2, 0.25) is 10.0 Å². The molecule has 0 radical (unpaired) electrons. The molecule has 10 heteroatoms. The third-order valence-electron chi connectivity index (χ3n) is 5.48. The number of thiazole rings is 1.